The lowest BCUT2D eigenvalue weighted by Crippen LogP contribution is -2.16. The minimum atomic E-state index is -4.54. The normalized spacial score (nSPS) is 11.2. The van der Waals surface area contributed by atoms with Crippen LogP contribution in [0.15, 0.2) is 41.4 Å². The van der Waals surface area contributed by atoms with Crippen molar-refractivity contribution in [2.24, 2.45) is 0 Å². The van der Waals surface area contributed by atoms with Crippen molar-refractivity contribution in [3.8, 4) is 5.75 Å². The number of benzene rings is 1. The summed E-state index contributed by atoms with van der Waals surface area (Å²) in [5.74, 6) is 0.227. The van der Waals surface area contributed by atoms with Gasteiger partial charge in [-0.1, -0.05) is 11.6 Å². The highest BCUT2D eigenvalue weighted by Crippen LogP contribution is 2.32. The van der Waals surface area contributed by atoms with E-state index in [1.54, 1.807) is 31.4 Å². The van der Waals surface area contributed by atoms with Gasteiger partial charge in [-0.25, -0.2) is 4.98 Å². The van der Waals surface area contributed by atoms with E-state index < -0.39 is 17.6 Å². The second-order valence-electron chi connectivity index (χ2n) is 4.56. The van der Waals surface area contributed by atoms with Crippen molar-refractivity contribution in [2.75, 3.05) is 18.2 Å². The molecule has 0 saturated carbocycles. The first kappa shape index (κ1) is 18.4. The number of hydrogen-bond donors (Lipinski definition) is 1. The van der Waals surface area contributed by atoms with Crippen LogP contribution in [0.5, 0.6) is 5.75 Å². The molecule has 0 radical (unpaired) electrons. The van der Waals surface area contributed by atoms with Crippen LogP contribution >= 0.6 is 23.4 Å². The summed E-state index contributed by atoms with van der Waals surface area (Å²) in [6.45, 7) is 0. The van der Waals surface area contributed by atoms with Gasteiger partial charge in [0.25, 0.3) is 0 Å². The van der Waals surface area contributed by atoms with Crippen molar-refractivity contribution in [3.63, 3.8) is 0 Å². The van der Waals surface area contributed by atoms with Crippen LogP contribution in [0.2, 0.25) is 5.02 Å². The number of nitrogens with one attached hydrogen (secondary N) is 1. The molecule has 0 unspecified atom stereocenters. The number of methoxy groups -OCH3 is 1. The van der Waals surface area contributed by atoms with Crippen LogP contribution in [0, 0.1) is 0 Å². The fraction of sp³-hybridized carbons (Fsp3) is 0.200. The number of pyridine rings is 1. The van der Waals surface area contributed by atoms with Crippen molar-refractivity contribution in [3.05, 3.63) is 47.1 Å². The number of anilines is 1. The number of ether oxygens (including phenoxy) is 1. The molecule has 0 aliphatic carbocycles. The molecule has 1 N–H and O–H groups in total. The number of thioether (sulfide) groups is 1. The maximum absolute atomic E-state index is 12.5. The zero-order valence-corrected chi connectivity index (χ0v) is 13.9. The Morgan fingerprint density at radius 1 is 1.33 bits per heavy atom. The zero-order valence-electron chi connectivity index (χ0n) is 12.4. The maximum atomic E-state index is 12.5. The largest absolute Gasteiger partial charge is 0.497 e. The van der Waals surface area contributed by atoms with Gasteiger partial charge in [-0.15, -0.1) is 11.8 Å². The van der Waals surface area contributed by atoms with Gasteiger partial charge in [0, 0.05) is 11.1 Å². The third-order valence-corrected chi connectivity index (χ3v) is 4.16. The van der Waals surface area contributed by atoms with E-state index >= 15 is 0 Å². The lowest BCUT2D eigenvalue weighted by atomic mass is 10.3. The van der Waals surface area contributed by atoms with Crippen LogP contribution in [-0.2, 0) is 11.0 Å². The Hall–Kier alpha value is -1.93. The fourth-order valence-electron chi connectivity index (χ4n) is 1.67. The molecule has 0 spiro atoms. The number of alkyl halides is 3. The van der Waals surface area contributed by atoms with E-state index in [0.717, 1.165) is 11.0 Å². The number of nitrogens with zero attached hydrogens (tertiary/aromatic N) is 1. The predicted molar refractivity (Wildman–Crippen MR) is 86.6 cm³/mol. The summed E-state index contributed by atoms with van der Waals surface area (Å²) >= 11 is 6.99. The Morgan fingerprint density at radius 2 is 2.00 bits per heavy atom. The molecule has 0 saturated heterocycles. The topological polar surface area (TPSA) is 51.2 Å². The van der Waals surface area contributed by atoms with Crippen molar-refractivity contribution in [2.45, 2.75) is 11.1 Å². The number of rotatable bonds is 5. The van der Waals surface area contributed by atoms with E-state index in [9.17, 15) is 18.0 Å². The van der Waals surface area contributed by atoms with Crippen LogP contribution in [0.25, 0.3) is 0 Å². The summed E-state index contributed by atoms with van der Waals surface area (Å²) in [5.41, 5.74) is -0.974. The number of halogens is 4. The Bertz CT molecular complexity index is 724. The first-order valence-corrected chi connectivity index (χ1v) is 7.95. The minimum Gasteiger partial charge on any atom is -0.497 e. The molecule has 0 fully saturated rings. The maximum Gasteiger partial charge on any atom is 0.417 e. The average molecular weight is 377 g/mol. The second-order valence-corrected chi connectivity index (χ2v) is 6.02. The highest BCUT2D eigenvalue weighted by Gasteiger charge is 2.31. The molecular formula is C15H12ClF3N2O2S. The summed E-state index contributed by atoms with van der Waals surface area (Å²) in [6.07, 6.45) is -3.92. The van der Waals surface area contributed by atoms with Gasteiger partial charge in [0.05, 0.1) is 23.4 Å². The van der Waals surface area contributed by atoms with Crippen LogP contribution in [0.4, 0.5) is 19.0 Å². The van der Waals surface area contributed by atoms with Crippen molar-refractivity contribution >= 4 is 35.1 Å². The van der Waals surface area contributed by atoms with Gasteiger partial charge in [-0.3, -0.25) is 4.79 Å². The second kappa shape index (κ2) is 7.76. The number of aromatic nitrogens is 1. The summed E-state index contributed by atoms with van der Waals surface area (Å²) in [5, 5.41) is 2.12. The molecule has 1 aromatic heterocycles. The summed E-state index contributed by atoms with van der Waals surface area (Å²) < 4.78 is 42.6. The Labute approximate surface area is 145 Å². The van der Waals surface area contributed by atoms with E-state index in [0.29, 0.717) is 11.9 Å². The first-order valence-electron chi connectivity index (χ1n) is 6.59. The lowest BCUT2D eigenvalue weighted by Gasteiger charge is -2.10. The van der Waals surface area contributed by atoms with Gasteiger partial charge >= 0.3 is 6.18 Å². The molecule has 2 aromatic rings. The minimum absolute atomic E-state index is 0.0609. The predicted octanol–water partition coefficient (Wildman–Crippen LogP) is 4.49. The molecule has 1 amide bonds. The van der Waals surface area contributed by atoms with Gasteiger partial charge < -0.3 is 10.1 Å². The molecular weight excluding hydrogens is 365 g/mol. The molecule has 4 nitrogen and oxygen atoms in total. The molecule has 9 heteroatoms. The zero-order chi connectivity index (χ0) is 17.7. The Morgan fingerprint density at radius 3 is 2.54 bits per heavy atom. The SMILES string of the molecule is COc1ccc(SCC(=O)Nc2ncc(C(F)(F)F)cc2Cl)cc1. The van der Waals surface area contributed by atoms with E-state index in [1.807, 2.05) is 0 Å². The quantitative estimate of drug-likeness (QED) is 0.781. The Kier molecular flexibility index (Phi) is 5.95. The first-order chi connectivity index (χ1) is 11.3. The number of hydrogen-bond acceptors (Lipinski definition) is 4. The summed E-state index contributed by atoms with van der Waals surface area (Å²) in [6, 6.07) is 7.82. The molecule has 0 aliphatic heterocycles. The standard InChI is InChI=1S/C15H12ClF3N2O2S/c1-23-10-2-4-11(5-3-10)24-8-13(22)21-14-12(16)6-9(7-20-14)15(17,18)19/h2-7H,8H2,1H3,(H,20,21,22). The van der Waals surface area contributed by atoms with E-state index in [-0.39, 0.29) is 16.6 Å². The average Bonchev–Trinajstić information content (AvgIpc) is 2.54. The molecule has 128 valence electrons. The fourth-order valence-corrected chi connectivity index (χ4v) is 2.59. The van der Waals surface area contributed by atoms with Gasteiger partial charge in [0.15, 0.2) is 5.82 Å². The van der Waals surface area contributed by atoms with E-state index in [1.165, 1.54) is 11.8 Å². The number of carbonyl (C=O) groups is 1. The van der Waals surface area contributed by atoms with Gasteiger partial charge in [0.1, 0.15) is 5.75 Å². The smallest absolute Gasteiger partial charge is 0.417 e. The summed E-state index contributed by atoms with van der Waals surface area (Å²) in [4.78, 5) is 16.3. The molecule has 0 bridgehead atoms. The highest BCUT2D eigenvalue weighted by molar-refractivity contribution is 8.00. The van der Waals surface area contributed by atoms with Crippen molar-refractivity contribution < 1.29 is 22.7 Å². The van der Waals surface area contributed by atoms with Crippen LogP contribution < -0.4 is 10.1 Å². The molecule has 1 aromatic carbocycles. The van der Waals surface area contributed by atoms with Crippen molar-refractivity contribution in [1.29, 1.82) is 0 Å². The van der Waals surface area contributed by atoms with Gasteiger partial charge in [-0.2, -0.15) is 13.2 Å². The molecule has 24 heavy (non-hydrogen) atoms. The third kappa shape index (κ3) is 5.04. The van der Waals surface area contributed by atoms with Crippen molar-refractivity contribution in [1.82, 2.24) is 4.98 Å². The van der Waals surface area contributed by atoms with Gasteiger partial charge in [0.2, 0.25) is 5.91 Å². The van der Waals surface area contributed by atoms with Gasteiger partial charge in [-0.05, 0) is 30.3 Å². The Balaban J connectivity index is 1.94. The van der Waals surface area contributed by atoms with E-state index in [2.05, 4.69) is 10.3 Å². The number of carbonyl (C=O) groups excluding carboxylic acids is 1. The molecule has 0 atom stereocenters. The monoisotopic (exact) mass is 376 g/mol. The van der Waals surface area contributed by atoms with E-state index in [4.69, 9.17) is 16.3 Å². The van der Waals surface area contributed by atoms with Crippen LogP contribution in [-0.4, -0.2) is 23.8 Å². The molecule has 2 rings (SSSR count). The number of amides is 1. The molecule has 0 aliphatic rings. The highest BCUT2D eigenvalue weighted by atomic mass is 35.5. The van der Waals surface area contributed by atoms with Crippen LogP contribution in [0.1, 0.15) is 5.56 Å². The summed E-state index contributed by atoms with van der Waals surface area (Å²) in [7, 11) is 1.55. The third-order valence-electron chi connectivity index (χ3n) is 2.86. The van der Waals surface area contributed by atoms with Crippen LogP contribution in [0.3, 0.4) is 0 Å². The lowest BCUT2D eigenvalue weighted by molar-refractivity contribution is -0.137. The molecule has 1 heterocycles.